The van der Waals surface area contributed by atoms with Crippen LogP contribution in [0.5, 0.6) is 0 Å². The van der Waals surface area contributed by atoms with E-state index >= 15 is 0 Å². The van der Waals surface area contributed by atoms with Crippen LogP contribution in [0.4, 0.5) is 0 Å². The zero-order chi connectivity index (χ0) is 12.0. The Labute approximate surface area is 96.3 Å². The Morgan fingerprint density at radius 1 is 1.44 bits per heavy atom. The molecule has 0 spiro atoms. The van der Waals surface area contributed by atoms with Gasteiger partial charge >= 0.3 is 5.97 Å². The van der Waals surface area contributed by atoms with Crippen LogP contribution in [0.25, 0.3) is 0 Å². The summed E-state index contributed by atoms with van der Waals surface area (Å²) in [5.41, 5.74) is 0.369. The van der Waals surface area contributed by atoms with Crippen LogP contribution in [-0.2, 0) is 14.3 Å². The van der Waals surface area contributed by atoms with Gasteiger partial charge in [-0.3, -0.25) is 0 Å². The van der Waals surface area contributed by atoms with Gasteiger partial charge in [-0.25, -0.2) is 4.79 Å². The second-order valence-corrected chi connectivity index (χ2v) is 3.32. The summed E-state index contributed by atoms with van der Waals surface area (Å²) in [6.07, 6.45) is 0. The predicted octanol–water partition coefficient (Wildman–Crippen LogP) is 1.70. The largest absolute Gasteiger partial charge is 0.584 e. The van der Waals surface area contributed by atoms with Crippen LogP contribution < -0.4 is 11.3 Å². The lowest BCUT2D eigenvalue weighted by Crippen LogP contribution is -2.16. The minimum atomic E-state index is -0.685. The highest BCUT2D eigenvalue weighted by atomic mass is 16.6. The molecule has 0 bridgehead atoms. The molecule has 0 heterocycles. The lowest BCUT2D eigenvalue weighted by Gasteiger charge is -2.20. The van der Waals surface area contributed by atoms with Crippen molar-refractivity contribution in [2.45, 2.75) is 27.7 Å². The number of rotatable bonds is 5. The third-order valence-corrected chi connectivity index (χ3v) is 1.72. The summed E-state index contributed by atoms with van der Waals surface area (Å²) in [5.74, 6) is -0.951. The maximum atomic E-state index is 11.5. The standard InChI is InChI=1S/C11H18O4.H3N/c1-6-14-11(13)10(7(2)3)8(4)15-9(5)12;/h7,12H,5-6H2,1-4H3;1H3/b10-8-;. The second kappa shape index (κ2) is 7.76. The number of hydrogen-bond donors (Lipinski definition) is 1. The Morgan fingerprint density at radius 2 is 1.94 bits per heavy atom. The lowest BCUT2D eigenvalue weighted by atomic mass is 10.0. The van der Waals surface area contributed by atoms with Crippen LogP contribution in [0.3, 0.4) is 0 Å². The van der Waals surface area contributed by atoms with E-state index in [1.165, 1.54) is 0 Å². The molecule has 5 heteroatoms. The van der Waals surface area contributed by atoms with E-state index in [1.54, 1.807) is 13.8 Å². The van der Waals surface area contributed by atoms with Crippen molar-refractivity contribution in [1.29, 1.82) is 0 Å². The van der Waals surface area contributed by atoms with Gasteiger partial charge in [0.25, 0.3) is 0 Å². The molecule has 0 aliphatic rings. The van der Waals surface area contributed by atoms with Gasteiger partial charge in [0.15, 0.2) is 0 Å². The van der Waals surface area contributed by atoms with E-state index < -0.39 is 11.9 Å². The number of carbonyl (C=O) groups is 1. The normalized spacial score (nSPS) is 11.3. The first-order valence-corrected chi connectivity index (χ1v) is 4.81. The molecule has 0 fully saturated rings. The average Bonchev–Trinajstić information content (AvgIpc) is 2.01. The fraction of sp³-hybridized carbons (Fsp3) is 0.545. The van der Waals surface area contributed by atoms with E-state index in [1.807, 2.05) is 13.8 Å². The van der Waals surface area contributed by atoms with Gasteiger partial charge in [-0.05, 0) is 25.5 Å². The van der Waals surface area contributed by atoms with Crippen LogP contribution in [0.15, 0.2) is 23.9 Å². The summed E-state index contributed by atoms with van der Waals surface area (Å²) in [4.78, 5) is 11.5. The van der Waals surface area contributed by atoms with Crippen molar-refractivity contribution in [3.05, 3.63) is 23.9 Å². The zero-order valence-electron chi connectivity index (χ0n) is 10.6. The molecule has 0 unspecified atom stereocenters. The number of ether oxygens (including phenoxy) is 2. The van der Waals surface area contributed by atoms with Crippen LogP contribution >= 0.6 is 0 Å². The van der Waals surface area contributed by atoms with Crippen LogP contribution in [0.2, 0.25) is 0 Å². The molecule has 0 aliphatic heterocycles. The molecule has 0 aromatic carbocycles. The van der Waals surface area contributed by atoms with Crippen molar-refractivity contribution in [3.8, 4) is 0 Å². The van der Waals surface area contributed by atoms with Crippen molar-refractivity contribution in [2.24, 2.45) is 5.92 Å². The molecule has 0 aromatic rings. The highest BCUT2D eigenvalue weighted by Crippen LogP contribution is 2.18. The first-order valence-electron chi connectivity index (χ1n) is 4.81. The average molecular weight is 231 g/mol. The van der Waals surface area contributed by atoms with E-state index in [4.69, 9.17) is 9.47 Å². The SMILES string of the molecule is C=C([O-])O/C(C)=C(\C(=O)OCC)C(C)C.[NH4+]. The monoisotopic (exact) mass is 231 g/mol. The molecular weight excluding hydrogens is 210 g/mol. The van der Waals surface area contributed by atoms with Crippen molar-refractivity contribution < 1.29 is 19.4 Å². The van der Waals surface area contributed by atoms with Gasteiger partial charge in [-0.2, -0.15) is 0 Å². The summed E-state index contributed by atoms with van der Waals surface area (Å²) >= 11 is 0. The summed E-state index contributed by atoms with van der Waals surface area (Å²) in [6.45, 7) is 10.3. The van der Waals surface area contributed by atoms with Crippen LogP contribution in [0, 0.1) is 5.92 Å². The first-order chi connectivity index (χ1) is 6.90. The van der Waals surface area contributed by atoms with E-state index in [2.05, 4.69) is 6.58 Å². The molecule has 0 radical (unpaired) electrons. The third-order valence-electron chi connectivity index (χ3n) is 1.72. The van der Waals surface area contributed by atoms with Crippen molar-refractivity contribution >= 4 is 5.97 Å². The Balaban J connectivity index is 0. The maximum absolute atomic E-state index is 11.5. The van der Waals surface area contributed by atoms with Gasteiger partial charge < -0.3 is 20.7 Å². The highest BCUT2D eigenvalue weighted by Gasteiger charge is 2.16. The summed E-state index contributed by atoms with van der Waals surface area (Å²) in [6, 6.07) is 0. The van der Waals surface area contributed by atoms with Gasteiger partial charge in [0.05, 0.1) is 6.61 Å². The molecule has 0 atom stereocenters. The number of quaternary nitrogens is 1. The summed E-state index contributed by atoms with van der Waals surface area (Å²) < 4.78 is 9.63. The Hall–Kier alpha value is -1.49. The topological polar surface area (TPSA) is 95.1 Å². The minimum absolute atomic E-state index is 0. The van der Waals surface area contributed by atoms with Crippen molar-refractivity contribution in [1.82, 2.24) is 6.15 Å². The minimum Gasteiger partial charge on any atom is -0.584 e. The molecule has 5 nitrogen and oxygen atoms in total. The van der Waals surface area contributed by atoms with Gasteiger partial charge in [0.2, 0.25) is 0 Å². The van der Waals surface area contributed by atoms with E-state index in [-0.39, 0.29) is 17.8 Å². The molecule has 0 amide bonds. The lowest BCUT2D eigenvalue weighted by molar-refractivity contribution is -0.350. The Morgan fingerprint density at radius 3 is 2.25 bits per heavy atom. The molecule has 0 aromatic heterocycles. The number of carbonyl (C=O) groups excluding carboxylic acids is 1. The fourth-order valence-electron chi connectivity index (χ4n) is 1.22. The molecule has 94 valence electrons. The smallest absolute Gasteiger partial charge is 0.335 e. The van der Waals surface area contributed by atoms with Gasteiger partial charge in [-0.1, -0.05) is 20.4 Å². The van der Waals surface area contributed by atoms with E-state index in [9.17, 15) is 9.90 Å². The maximum Gasteiger partial charge on any atom is 0.335 e. The van der Waals surface area contributed by atoms with Crippen LogP contribution in [-0.4, -0.2) is 12.6 Å². The summed E-state index contributed by atoms with van der Waals surface area (Å²) in [7, 11) is 0. The fourth-order valence-corrected chi connectivity index (χ4v) is 1.22. The number of esters is 1. The van der Waals surface area contributed by atoms with Gasteiger partial charge in [0.1, 0.15) is 0 Å². The number of hydrogen-bond acceptors (Lipinski definition) is 4. The molecular formula is C11H21NO4. The van der Waals surface area contributed by atoms with Crippen LogP contribution in [0.1, 0.15) is 27.7 Å². The second-order valence-electron chi connectivity index (χ2n) is 3.32. The Bertz CT molecular complexity index is 282. The van der Waals surface area contributed by atoms with Crippen molar-refractivity contribution in [3.63, 3.8) is 0 Å². The van der Waals surface area contributed by atoms with Crippen molar-refractivity contribution in [2.75, 3.05) is 6.61 Å². The summed E-state index contributed by atoms with van der Waals surface area (Å²) in [5, 5.41) is 10.6. The first kappa shape index (κ1) is 16.9. The molecule has 4 N–H and O–H groups in total. The highest BCUT2D eigenvalue weighted by molar-refractivity contribution is 5.89. The van der Waals surface area contributed by atoms with E-state index in [0.29, 0.717) is 12.2 Å². The predicted molar refractivity (Wildman–Crippen MR) is 60.4 cm³/mol. The zero-order valence-corrected chi connectivity index (χ0v) is 10.6. The molecule has 0 saturated heterocycles. The molecule has 16 heavy (non-hydrogen) atoms. The molecule has 0 aliphatic carbocycles. The molecule has 0 saturated carbocycles. The quantitative estimate of drug-likeness (QED) is 0.442. The van der Waals surface area contributed by atoms with E-state index in [0.717, 1.165) is 0 Å². The van der Waals surface area contributed by atoms with Gasteiger partial charge in [-0.15, -0.1) is 0 Å². The Kier molecular flexibility index (Phi) is 8.20. The third kappa shape index (κ3) is 5.41. The number of allylic oxidation sites excluding steroid dienone is 1. The molecule has 0 rings (SSSR count). The van der Waals surface area contributed by atoms with Gasteiger partial charge in [0, 0.05) is 11.5 Å².